The lowest BCUT2D eigenvalue weighted by molar-refractivity contribution is 0.375. The van der Waals surface area contributed by atoms with Crippen LogP contribution in [0.15, 0.2) is 18.2 Å². The standard InChI is InChI=1S/C13H16N4O2/c14-6-8-1-4-12-15-16-13(17(12)7-8)9-2-3-10(18)11(19)5-9/h2-3,5,8,18-19H,1,4,6-7,14H2. The molecule has 2 aromatic rings. The molecular weight excluding hydrogens is 244 g/mol. The van der Waals surface area contributed by atoms with Crippen molar-refractivity contribution in [3.05, 3.63) is 24.0 Å². The minimum absolute atomic E-state index is 0.137. The predicted molar refractivity (Wildman–Crippen MR) is 69.7 cm³/mol. The van der Waals surface area contributed by atoms with Gasteiger partial charge < -0.3 is 20.5 Å². The quantitative estimate of drug-likeness (QED) is 0.696. The summed E-state index contributed by atoms with van der Waals surface area (Å²) in [6.45, 7) is 1.45. The highest BCUT2D eigenvalue weighted by atomic mass is 16.3. The molecule has 19 heavy (non-hydrogen) atoms. The van der Waals surface area contributed by atoms with E-state index in [9.17, 15) is 10.2 Å². The average molecular weight is 260 g/mol. The van der Waals surface area contributed by atoms with Crippen molar-refractivity contribution in [3.63, 3.8) is 0 Å². The number of hydrogen-bond acceptors (Lipinski definition) is 5. The molecule has 1 atom stereocenters. The summed E-state index contributed by atoms with van der Waals surface area (Å²) in [5.74, 6) is 1.81. The average Bonchev–Trinajstić information content (AvgIpc) is 2.84. The molecule has 0 saturated heterocycles. The lowest BCUT2D eigenvalue weighted by Crippen LogP contribution is -2.26. The van der Waals surface area contributed by atoms with Crippen LogP contribution in [0.2, 0.25) is 0 Å². The number of nitrogens with zero attached hydrogens (tertiary/aromatic N) is 3. The van der Waals surface area contributed by atoms with Gasteiger partial charge in [0.15, 0.2) is 17.3 Å². The number of nitrogens with two attached hydrogens (primary N) is 1. The van der Waals surface area contributed by atoms with Gasteiger partial charge in [-0.15, -0.1) is 10.2 Å². The monoisotopic (exact) mass is 260 g/mol. The van der Waals surface area contributed by atoms with Crippen LogP contribution in [0.1, 0.15) is 12.2 Å². The van der Waals surface area contributed by atoms with Crippen molar-refractivity contribution in [3.8, 4) is 22.9 Å². The Labute approximate surface area is 110 Å². The van der Waals surface area contributed by atoms with Gasteiger partial charge in [0.2, 0.25) is 0 Å². The molecule has 6 nitrogen and oxygen atoms in total. The van der Waals surface area contributed by atoms with Gasteiger partial charge in [-0.25, -0.2) is 0 Å². The molecule has 0 bridgehead atoms. The Kier molecular flexibility index (Phi) is 2.87. The molecular formula is C13H16N4O2. The van der Waals surface area contributed by atoms with Gasteiger partial charge in [-0.1, -0.05) is 0 Å². The molecule has 0 radical (unpaired) electrons. The fourth-order valence-corrected chi connectivity index (χ4v) is 2.46. The first kappa shape index (κ1) is 12.0. The molecule has 1 aliphatic heterocycles. The summed E-state index contributed by atoms with van der Waals surface area (Å²) in [5, 5.41) is 27.3. The topological polar surface area (TPSA) is 97.2 Å². The van der Waals surface area contributed by atoms with Crippen LogP contribution in [-0.4, -0.2) is 31.5 Å². The fourth-order valence-electron chi connectivity index (χ4n) is 2.46. The maximum atomic E-state index is 9.57. The predicted octanol–water partition coefficient (Wildman–Crippen LogP) is 0.877. The van der Waals surface area contributed by atoms with Gasteiger partial charge in [-0.3, -0.25) is 0 Å². The normalized spacial score (nSPS) is 18.3. The highest BCUT2D eigenvalue weighted by molar-refractivity contribution is 5.60. The second-order valence-corrected chi connectivity index (χ2v) is 4.89. The molecule has 0 spiro atoms. The van der Waals surface area contributed by atoms with E-state index in [1.54, 1.807) is 6.07 Å². The minimum Gasteiger partial charge on any atom is -0.504 e. The van der Waals surface area contributed by atoms with Crippen molar-refractivity contribution in [2.75, 3.05) is 6.54 Å². The molecule has 4 N–H and O–H groups in total. The van der Waals surface area contributed by atoms with Gasteiger partial charge in [-0.05, 0) is 37.1 Å². The van der Waals surface area contributed by atoms with Crippen LogP contribution in [0.3, 0.4) is 0 Å². The van der Waals surface area contributed by atoms with Crippen LogP contribution in [-0.2, 0) is 13.0 Å². The van der Waals surface area contributed by atoms with Crippen molar-refractivity contribution in [1.29, 1.82) is 0 Å². The van der Waals surface area contributed by atoms with Crippen LogP contribution in [0.5, 0.6) is 11.5 Å². The van der Waals surface area contributed by atoms with Crippen molar-refractivity contribution in [2.45, 2.75) is 19.4 Å². The third-order valence-electron chi connectivity index (χ3n) is 3.61. The van der Waals surface area contributed by atoms with Crippen LogP contribution in [0.25, 0.3) is 11.4 Å². The molecule has 0 aliphatic carbocycles. The van der Waals surface area contributed by atoms with E-state index in [2.05, 4.69) is 10.2 Å². The number of benzene rings is 1. The van der Waals surface area contributed by atoms with Crippen molar-refractivity contribution >= 4 is 0 Å². The number of hydrogen-bond donors (Lipinski definition) is 3. The Bertz CT molecular complexity index is 609. The molecule has 3 rings (SSSR count). The zero-order chi connectivity index (χ0) is 13.4. The summed E-state index contributed by atoms with van der Waals surface area (Å²) < 4.78 is 2.05. The van der Waals surface area contributed by atoms with Crippen molar-refractivity contribution in [2.24, 2.45) is 11.7 Å². The highest BCUT2D eigenvalue weighted by Gasteiger charge is 2.22. The zero-order valence-corrected chi connectivity index (χ0v) is 10.5. The SMILES string of the molecule is NCC1CCc2nnc(-c3ccc(O)c(O)c3)n2C1. The first-order valence-electron chi connectivity index (χ1n) is 6.33. The van der Waals surface area contributed by atoms with Gasteiger partial charge in [0, 0.05) is 18.5 Å². The summed E-state index contributed by atoms with van der Waals surface area (Å²) in [7, 11) is 0. The lowest BCUT2D eigenvalue weighted by atomic mass is 9.99. The van der Waals surface area contributed by atoms with Crippen LogP contribution >= 0.6 is 0 Å². The minimum atomic E-state index is -0.152. The number of aromatic nitrogens is 3. The van der Waals surface area contributed by atoms with E-state index >= 15 is 0 Å². The molecule has 0 amide bonds. The number of fused-ring (bicyclic) bond motifs is 1. The van der Waals surface area contributed by atoms with E-state index in [0.717, 1.165) is 30.8 Å². The van der Waals surface area contributed by atoms with E-state index in [4.69, 9.17) is 5.73 Å². The maximum Gasteiger partial charge on any atom is 0.164 e. The number of phenols is 2. The first-order chi connectivity index (χ1) is 9.19. The molecule has 100 valence electrons. The van der Waals surface area contributed by atoms with Crippen LogP contribution in [0.4, 0.5) is 0 Å². The molecule has 1 unspecified atom stereocenters. The van der Waals surface area contributed by atoms with Gasteiger partial charge in [0.25, 0.3) is 0 Å². The first-order valence-corrected chi connectivity index (χ1v) is 6.33. The van der Waals surface area contributed by atoms with E-state index in [1.807, 2.05) is 4.57 Å². The Morgan fingerprint density at radius 2 is 2.11 bits per heavy atom. The summed E-state index contributed by atoms with van der Waals surface area (Å²) in [6.07, 6.45) is 1.91. The Morgan fingerprint density at radius 3 is 2.84 bits per heavy atom. The summed E-state index contributed by atoms with van der Waals surface area (Å²) in [4.78, 5) is 0. The van der Waals surface area contributed by atoms with Gasteiger partial charge in [0.05, 0.1) is 0 Å². The summed E-state index contributed by atoms with van der Waals surface area (Å²) in [5.41, 5.74) is 6.48. The Morgan fingerprint density at radius 1 is 1.26 bits per heavy atom. The maximum absolute atomic E-state index is 9.57. The Balaban J connectivity index is 2.02. The second kappa shape index (κ2) is 4.55. The van der Waals surface area contributed by atoms with Crippen molar-refractivity contribution < 1.29 is 10.2 Å². The molecule has 0 saturated carbocycles. The molecule has 2 heterocycles. The van der Waals surface area contributed by atoms with Crippen LogP contribution < -0.4 is 5.73 Å². The largest absolute Gasteiger partial charge is 0.504 e. The summed E-state index contributed by atoms with van der Waals surface area (Å²) in [6, 6.07) is 4.67. The fraction of sp³-hybridized carbons (Fsp3) is 0.385. The molecule has 0 fully saturated rings. The molecule has 1 aromatic heterocycles. The van der Waals surface area contributed by atoms with Crippen molar-refractivity contribution in [1.82, 2.24) is 14.8 Å². The number of phenolic OH excluding ortho intramolecular Hbond substituents is 2. The Hall–Kier alpha value is -2.08. The lowest BCUT2D eigenvalue weighted by Gasteiger charge is -2.22. The van der Waals surface area contributed by atoms with Gasteiger partial charge in [0.1, 0.15) is 5.82 Å². The third kappa shape index (κ3) is 2.04. The number of rotatable bonds is 2. The van der Waals surface area contributed by atoms with E-state index in [1.165, 1.54) is 12.1 Å². The smallest absolute Gasteiger partial charge is 0.164 e. The molecule has 6 heteroatoms. The molecule has 1 aromatic carbocycles. The van der Waals surface area contributed by atoms with E-state index < -0.39 is 0 Å². The van der Waals surface area contributed by atoms with Gasteiger partial charge in [-0.2, -0.15) is 0 Å². The third-order valence-corrected chi connectivity index (χ3v) is 3.61. The van der Waals surface area contributed by atoms with E-state index in [-0.39, 0.29) is 11.5 Å². The summed E-state index contributed by atoms with van der Waals surface area (Å²) >= 11 is 0. The second-order valence-electron chi connectivity index (χ2n) is 4.89. The van der Waals surface area contributed by atoms with Crippen LogP contribution in [0, 0.1) is 5.92 Å². The van der Waals surface area contributed by atoms with E-state index in [0.29, 0.717) is 18.3 Å². The highest BCUT2D eigenvalue weighted by Crippen LogP contribution is 2.31. The number of aromatic hydroxyl groups is 2. The van der Waals surface area contributed by atoms with Gasteiger partial charge >= 0.3 is 0 Å². The zero-order valence-electron chi connectivity index (χ0n) is 10.5. The molecule has 1 aliphatic rings. The number of aryl methyl sites for hydroxylation is 1.